The largest absolute Gasteiger partial charge is 0.371 e. The van der Waals surface area contributed by atoms with E-state index in [0.29, 0.717) is 12.6 Å². The van der Waals surface area contributed by atoms with Crippen molar-refractivity contribution in [2.24, 2.45) is 0 Å². The predicted octanol–water partition coefficient (Wildman–Crippen LogP) is 1.51. The highest BCUT2D eigenvalue weighted by Gasteiger charge is 2.15. The molecule has 82 valence electrons. The second kappa shape index (κ2) is 6.14. The maximum absolute atomic E-state index is 11.3. The number of carbonyl (C=O) groups is 1. The number of ketones is 1. The molecule has 0 spiro atoms. The molecule has 1 rings (SSSR count). The Hall–Kier alpha value is -0.410. The first-order valence-corrected chi connectivity index (χ1v) is 5.55. The fourth-order valence-electron chi connectivity index (χ4n) is 1.70. The SMILES string of the molecule is CC(C)OCC(=O)CNC1CCCC1. The minimum atomic E-state index is 0.144. The lowest BCUT2D eigenvalue weighted by atomic mass is 10.2. The normalized spacial score (nSPS) is 17.9. The van der Waals surface area contributed by atoms with Crippen LogP contribution >= 0.6 is 0 Å². The molecule has 1 saturated carbocycles. The van der Waals surface area contributed by atoms with Crippen molar-refractivity contribution in [3.63, 3.8) is 0 Å². The van der Waals surface area contributed by atoms with Gasteiger partial charge in [-0.2, -0.15) is 0 Å². The average molecular weight is 199 g/mol. The summed E-state index contributed by atoms with van der Waals surface area (Å²) >= 11 is 0. The fourth-order valence-corrected chi connectivity index (χ4v) is 1.70. The Kier molecular flexibility index (Phi) is 5.12. The standard InChI is InChI=1S/C11H21NO2/c1-9(2)14-8-11(13)7-12-10-5-3-4-6-10/h9-10,12H,3-8H2,1-2H3. The summed E-state index contributed by atoms with van der Waals surface area (Å²) in [5.41, 5.74) is 0. The molecule has 0 bridgehead atoms. The lowest BCUT2D eigenvalue weighted by Gasteiger charge is -2.11. The molecule has 0 aromatic rings. The molecule has 1 aliphatic rings. The molecule has 1 N–H and O–H groups in total. The van der Waals surface area contributed by atoms with Gasteiger partial charge in [-0.15, -0.1) is 0 Å². The van der Waals surface area contributed by atoms with Gasteiger partial charge in [0.1, 0.15) is 6.61 Å². The van der Waals surface area contributed by atoms with Crippen molar-refractivity contribution in [3.8, 4) is 0 Å². The average Bonchev–Trinajstić information content (AvgIpc) is 2.63. The Bertz CT molecular complexity index is 174. The quantitative estimate of drug-likeness (QED) is 0.704. The smallest absolute Gasteiger partial charge is 0.172 e. The molecule has 0 aromatic carbocycles. The van der Waals surface area contributed by atoms with E-state index in [-0.39, 0.29) is 18.5 Å². The zero-order chi connectivity index (χ0) is 10.4. The first-order valence-electron chi connectivity index (χ1n) is 5.55. The Balaban J connectivity index is 2.02. The van der Waals surface area contributed by atoms with E-state index in [1.54, 1.807) is 0 Å². The summed E-state index contributed by atoms with van der Waals surface area (Å²) in [7, 11) is 0. The summed E-state index contributed by atoms with van der Waals surface area (Å²) in [6.07, 6.45) is 5.18. The topological polar surface area (TPSA) is 38.3 Å². The van der Waals surface area contributed by atoms with E-state index in [1.165, 1.54) is 25.7 Å². The summed E-state index contributed by atoms with van der Waals surface area (Å²) in [6.45, 7) is 4.60. The van der Waals surface area contributed by atoms with Crippen molar-refractivity contribution in [1.29, 1.82) is 0 Å². The summed E-state index contributed by atoms with van der Waals surface area (Å²) in [5.74, 6) is 0.158. The van der Waals surface area contributed by atoms with E-state index in [2.05, 4.69) is 5.32 Å². The second-order valence-electron chi connectivity index (χ2n) is 4.26. The van der Waals surface area contributed by atoms with Gasteiger partial charge >= 0.3 is 0 Å². The number of hydrogen-bond donors (Lipinski definition) is 1. The minimum Gasteiger partial charge on any atom is -0.371 e. The third kappa shape index (κ3) is 4.72. The van der Waals surface area contributed by atoms with Crippen LogP contribution in [0.1, 0.15) is 39.5 Å². The van der Waals surface area contributed by atoms with Crippen LogP contribution in [-0.4, -0.2) is 31.1 Å². The monoisotopic (exact) mass is 199 g/mol. The van der Waals surface area contributed by atoms with Crippen LogP contribution in [0.5, 0.6) is 0 Å². The number of nitrogens with one attached hydrogen (secondary N) is 1. The molecule has 0 amide bonds. The van der Waals surface area contributed by atoms with Crippen molar-refractivity contribution < 1.29 is 9.53 Å². The van der Waals surface area contributed by atoms with E-state index >= 15 is 0 Å². The highest BCUT2D eigenvalue weighted by Crippen LogP contribution is 2.17. The third-order valence-corrected chi connectivity index (χ3v) is 2.52. The molecule has 0 atom stereocenters. The highest BCUT2D eigenvalue weighted by atomic mass is 16.5. The molecule has 0 saturated heterocycles. The highest BCUT2D eigenvalue weighted by molar-refractivity contribution is 5.81. The van der Waals surface area contributed by atoms with Crippen molar-refractivity contribution in [2.75, 3.05) is 13.2 Å². The van der Waals surface area contributed by atoms with Crippen LogP contribution < -0.4 is 5.32 Å². The second-order valence-corrected chi connectivity index (χ2v) is 4.26. The number of hydrogen-bond acceptors (Lipinski definition) is 3. The fraction of sp³-hybridized carbons (Fsp3) is 0.909. The molecule has 0 radical (unpaired) electrons. The number of rotatable bonds is 6. The molecule has 1 aliphatic carbocycles. The van der Waals surface area contributed by atoms with Gasteiger partial charge in [-0.05, 0) is 26.7 Å². The summed E-state index contributed by atoms with van der Waals surface area (Å²) < 4.78 is 5.23. The Morgan fingerprint density at radius 1 is 1.43 bits per heavy atom. The lowest BCUT2D eigenvalue weighted by molar-refractivity contribution is -0.124. The van der Waals surface area contributed by atoms with Gasteiger partial charge in [0.05, 0.1) is 12.6 Å². The van der Waals surface area contributed by atoms with Crippen LogP contribution in [0, 0.1) is 0 Å². The van der Waals surface area contributed by atoms with Gasteiger partial charge in [-0.1, -0.05) is 12.8 Å². The molecule has 0 heterocycles. The van der Waals surface area contributed by atoms with Crippen LogP contribution in [0.4, 0.5) is 0 Å². The summed E-state index contributed by atoms with van der Waals surface area (Å²) in [5, 5.41) is 3.28. The number of carbonyl (C=O) groups excluding carboxylic acids is 1. The predicted molar refractivity (Wildman–Crippen MR) is 56.4 cm³/mol. The lowest BCUT2D eigenvalue weighted by Crippen LogP contribution is -2.33. The Morgan fingerprint density at radius 3 is 2.64 bits per heavy atom. The molecular formula is C11H21NO2. The van der Waals surface area contributed by atoms with Crippen LogP contribution in [0.2, 0.25) is 0 Å². The number of ether oxygens (including phenoxy) is 1. The van der Waals surface area contributed by atoms with Crippen molar-refractivity contribution >= 4 is 5.78 Å². The van der Waals surface area contributed by atoms with Crippen LogP contribution in [0.3, 0.4) is 0 Å². The van der Waals surface area contributed by atoms with Gasteiger partial charge in [0.2, 0.25) is 0 Å². The van der Waals surface area contributed by atoms with Gasteiger partial charge in [-0.3, -0.25) is 4.79 Å². The third-order valence-electron chi connectivity index (χ3n) is 2.52. The molecule has 3 nitrogen and oxygen atoms in total. The van der Waals surface area contributed by atoms with Crippen LogP contribution in [0.15, 0.2) is 0 Å². The van der Waals surface area contributed by atoms with E-state index in [9.17, 15) is 4.79 Å². The maximum atomic E-state index is 11.3. The van der Waals surface area contributed by atoms with Gasteiger partial charge in [0.15, 0.2) is 5.78 Å². The van der Waals surface area contributed by atoms with Gasteiger partial charge < -0.3 is 10.1 Å². The molecular weight excluding hydrogens is 178 g/mol. The van der Waals surface area contributed by atoms with Gasteiger partial charge in [0, 0.05) is 6.04 Å². The zero-order valence-corrected chi connectivity index (χ0v) is 9.21. The van der Waals surface area contributed by atoms with Gasteiger partial charge in [0.25, 0.3) is 0 Å². The Morgan fingerprint density at radius 2 is 2.07 bits per heavy atom. The summed E-state index contributed by atoms with van der Waals surface area (Å²) in [6, 6.07) is 0.568. The summed E-state index contributed by atoms with van der Waals surface area (Å²) in [4.78, 5) is 11.3. The van der Waals surface area contributed by atoms with E-state index < -0.39 is 0 Å². The van der Waals surface area contributed by atoms with Crippen LogP contribution in [0.25, 0.3) is 0 Å². The molecule has 0 aliphatic heterocycles. The minimum absolute atomic E-state index is 0.144. The molecule has 0 aromatic heterocycles. The van der Waals surface area contributed by atoms with Crippen molar-refractivity contribution in [2.45, 2.75) is 51.7 Å². The Labute approximate surface area is 86.2 Å². The molecule has 0 unspecified atom stereocenters. The van der Waals surface area contributed by atoms with E-state index in [4.69, 9.17) is 4.74 Å². The van der Waals surface area contributed by atoms with E-state index in [1.807, 2.05) is 13.8 Å². The first kappa shape index (κ1) is 11.7. The van der Waals surface area contributed by atoms with Crippen LogP contribution in [-0.2, 0) is 9.53 Å². The zero-order valence-electron chi connectivity index (χ0n) is 9.21. The van der Waals surface area contributed by atoms with E-state index in [0.717, 1.165) is 0 Å². The number of Topliss-reactive ketones (excluding diaryl/α,β-unsaturated/α-hetero) is 1. The van der Waals surface area contributed by atoms with Crippen molar-refractivity contribution in [3.05, 3.63) is 0 Å². The molecule has 14 heavy (non-hydrogen) atoms. The first-order chi connectivity index (χ1) is 6.68. The maximum Gasteiger partial charge on any atom is 0.172 e. The molecule has 3 heteroatoms. The van der Waals surface area contributed by atoms with Crippen molar-refractivity contribution in [1.82, 2.24) is 5.32 Å². The molecule has 1 fully saturated rings. The van der Waals surface area contributed by atoms with Gasteiger partial charge in [-0.25, -0.2) is 0 Å².